The first-order valence-electron chi connectivity index (χ1n) is 9.47. The molecule has 0 spiro atoms. The summed E-state index contributed by atoms with van der Waals surface area (Å²) < 4.78 is 11.3. The molecule has 3 rings (SSSR count). The summed E-state index contributed by atoms with van der Waals surface area (Å²) in [5, 5.41) is 5.74. The molecule has 0 radical (unpaired) electrons. The van der Waals surface area contributed by atoms with Crippen LogP contribution >= 0.6 is 0 Å². The van der Waals surface area contributed by atoms with Gasteiger partial charge in [-0.3, -0.25) is 0 Å². The topological polar surface area (TPSA) is 76.4 Å². The van der Waals surface area contributed by atoms with Crippen molar-refractivity contribution < 1.29 is 13.9 Å². The molecule has 2 amide bonds. The average Bonchev–Trinajstić information content (AvgIpc) is 3.09. The highest BCUT2D eigenvalue weighted by Crippen LogP contribution is 2.27. The predicted molar refractivity (Wildman–Crippen MR) is 110 cm³/mol. The molecule has 2 aromatic carbocycles. The lowest BCUT2D eigenvalue weighted by atomic mass is 9.97. The van der Waals surface area contributed by atoms with E-state index in [2.05, 4.69) is 15.6 Å². The van der Waals surface area contributed by atoms with E-state index in [-0.39, 0.29) is 11.4 Å². The molecule has 1 heterocycles. The van der Waals surface area contributed by atoms with E-state index < -0.39 is 0 Å². The Morgan fingerprint density at radius 2 is 1.89 bits per heavy atom. The number of nitrogens with one attached hydrogen (secondary N) is 2. The first-order chi connectivity index (χ1) is 13.4. The summed E-state index contributed by atoms with van der Waals surface area (Å²) >= 11 is 0. The van der Waals surface area contributed by atoms with Gasteiger partial charge in [-0.1, -0.05) is 45.0 Å². The van der Waals surface area contributed by atoms with E-state index in [0.29, 0.717) is 36.9 Å². The minimum absolute atomic E-state index is 0.168. The van der Waals surface area contributed by atoms with Crippen molar-refractivity contribution in [3.8, 4) is 0 Å². The van der Waals surface area contributed by atoms with Gasteiger partial charge >= 0.3 is 6.03 Å². The van der Waals surface area contributed by atoms with E-state index in [9.17, 15) is 4.79 Å². The summed E-state index contributed by atoms with van der Waals surface area (Å²) in [6.45, 7) is 9.73. The number of hydrogen-bond acceptors (Lipinski definition) is 4. The highest BCUT2D eigenvalue weighted by atomic mass is 16.5. The molecule has 0 aliphatic heterocycles. The third-order valence-electron chi connectivity index (χ3n) is 4.31. The highest BCUT2D eigenvalue weighted by molar-refractivity contribution is 5.91. The van der Waals surface area contributed by atoms with Gasteiger partial charge < -0.3 is 19.8 Å². The van der Waals surface area contributed by atoms with Crippen molar-refractivity contribution >= 4 is 22.8 Å². The zero-order valence-electron chi connectivity index (χ0n) is 16.8. The molecule has 28 heavy (non-hydrogen) atoms. The second-order valence-corrected chi connectivity index (χ2v) is 7.67. The number of fused-ring (bicyclic) bond motifs is 1. The Balaban J connectivity index is 1.64. The van der Waals surface area contributed by atoms with Crippen molar-refractivity contribution in [1.82, 2.24) is 10.3 Å². The van der Waals surface area contributed by atoms with Gasteiger partial charge in [-0.25, -0.2) is 9.78 Å². The molecule has 6 nitrogen and oxygen atoms in total. The third-order valence-corrected chi connectivity index (χ3v) is 4.31. The maximum absolute atomic E-state index is 12.3. The van der Waals surface area contributed by atoms with Crippen LogP contribution in [-0.4, -0.2) is 17.6 Å². The number of nitrogens with zero attached hydrogens (tertiary/aromatic N) is 1. The second kappa shape index (κ2) is 8.44. The highest BCUT2D eigenvalue weighted by Gasteiger charge is 2.21. The van der Waals surface area contributed by atoms with Crippen molar-refractivity contribution in [2.75, 3.05) is 11.9 Å². The molecule has 0 bridgehead atoms. The number of carbonyl (C=O) groups excluding carboxylic acids is 1. The molecule has 3 aromatic rings. The van der Waals surface area contributed by atoms with Crippen LogP contribution in [0.4, 0.5) is 10.5 Å². The molecule has 0 aliphatic carbocycles. The van der Waals surface area contributed by atoms with Gasteiger partial charge in [0.15, 0.2) is 5.58 Å². The van der Waals surface area contributed by atoms with Crippen molar-refractivity contribution in [2.45, 2.75) is 46.3 Å². The van der Waals surface area contributed by atoms with Crippen LogP contribution in [0.2, 0.25) is 0 Å². The number of oxazole rings is 1. The average molecular weight is 381 g/mol. The fraction of sp³-hybridized carbons (Fsp3) is 0.364. The lowest BCUT2D eigenvalue weighted by molar-refractivity contribution is 0.133. The molecule has 2 N–H and O–H groups in total. The van der Waals surface area contributed by atoms with Crippen molar-refractivity contribution in [3.05, 3.63) is 59.5 Å². The molecule has 0 saturated heterocycles. The normalized spacial score (nSPS) is 11.6. The smallest absolute Gasteiger partial charge is 0.319 e. The number of urea groups is 1. The quantitative estimate of drug-likeness (QED) is 0.631. The number of amides is 2. The number of carbonyl (C=O) groups is 1. The molecule has 6 heteroatoms. The molecule has 0 aliphatic rings. The van der Waals surface area contributed by atoms with Gasteiger partial charge in [0.1, 0.15) is 5.52 Å². The summed E-state index contributed by atoms with van der Waals surface area (Å²) in [7, 11) is 0. The Morgan fingerprint density at radius 1 is 1.14 bits per heavy atom. The lowest BCUT2D eigenvalue weighted by Gasteiger charge is -2.11. The predicted octanol–water partition coefficient (Wildman–Crippen LogP) is 4.98. The standard InChI is InChI=1S/C22H27N3O3/c1-5-27-14-16-9-7-6-8-15(16)13-23-21(26)24-17-10-11-19-18(12-17)25-20(28-19)22(2,3)4/h6-12H,5,13-14H2,1-4H3,(H2,23,24,26). The van der Waals surface area contributed by atoms with Gasteiger partial charge in [0.25, 0.3) is 0 Å². The van der Waals surface area contributed by atoms with Gasteiger partial charge in [-0.05, 0) is 36.2 Å². The summed E-state index contributed by atoms with van der Waals surface area (Å²) in [5.41, 5.74) is 4.04. The Labute approximate surface area is 165 Å². The zero-order valence-corrected chi connectivity index (χ0v) is 16.8. The summed E-state index contributed by atoms with van der Waals surface area (Å²) in [6.07, 6.45) is 0. The SMILES string of the molecule is CCOCc1ccccc1CNC(=O)Nc1ccc2oc(C(C)(C)C)nc2c1. The largest absolute Gasteiger partial charge is 0.440 e. The summed E-state index contributed by atoms with van der Waals surface area (Å²) in [6, 6.07) is 13.1. The number of benzene rings is 2. The Morgan fingerprint density at radius 3 is 2.61 bits per heavy atom. The molecule has 0 atom stereocenters. The maximum Gasteiger partial charge on any atom is 0.319 e. The molecular formula is C22H27N3O3. The van der Waals surface area contributed by atoms with Crippen LogP contribution in [-0.2, 0) is 23.3 Å². The fourth-order valence-electron chi connectivity index (χ4n) is 2.76. The second-order valence-electron chi connectivity index (χ2n) is 7.67. The van der Waals surface area contributed by atoms with Gasteiger partial charge in [0, 0.05) is 24.3 Å². The fourth-order valence-corrected chi connectivity index (χ4v) is 2.76. The lowest BCUT2D eigenvalue weighted by Crippen LogP contribution is -2.28. The Kier molecular flexibility index (Phi) is 5.99. The number of ether oxygens (including phenoxy) is 1. The van der Waals surface area contributed by atoms with E-state index in [0.717, 1.165) is 16.6 Å². The number of aromatic nitrogens is 1. The van der Waals surface area contributed by atoms with E-state index in [4.69, 9.17) is 9.15 Å². The number of hydrogen-bond donors (Lipinski definition) is 2. The molecule has 148 valence electrons. The zero-order chi connectivity index (χ0) is 20.1. The van der Waals surface area contributed by atoms with Crippen LogP contribution in [0.5, 0.6) is 0 Å². The van der Waals surface area contributed by atoms with Crippen LogP contribution in [0, 0.1) is 0 Å². The minimum atomic E-state index is -0.273. The first kappa shape index (κ1) is 19.9. The van der Waals surface area contributed by atoms with Gasteiger partial charge in [-0.2, -0.15) is 0 Å². The Bertz CT molecular complexity index is 957. The molecule has 1 aromatic heterocycles. The minimum Gasteiger partial charge on any atom is -0.440 e. The maximum atomic E-state index is 12.3. The summed E-state index contributed by atoms with van der Waals surface area (Å²) in [5.74, 6) is 0.676. The molecular weight excluding hydrogens is 354 g/mol. The van der Waals surface area contributed by atoms with Crippen LogP contribution in [0.25, 0.3) is 11.1 Å². The van der Waals surface area contributed by atoms with Gasteiger partial charge in [0.05, 0.1) is 6.61 Å². The first-order valence-corrected chi connectivity index (χ1v) is 9.47. The van der Waals surface area contributed by atoms with Gasteiger partial charge in [0.2, 0.25) is 5.89 Å². The van der Waals surface area contributed by atoms with Gasteiger partial charge in [-0.15, -0.1) is 0 Å². The van der Waals surface area contributed by atoms with Crippen LogP contribution in [0.15, 0.2) is 46.9 Å². The molecule has 0 unspecified atom stereocenters. The number of anilines is 1. The monoisotopic (exact) mass is 381 g/mol. The third kappa shape index (κ3) is 4.89. The van der Waals surface area contributed by atoms with E-state index in [1.54, 1.807) is 0 Å². The Hall–Kier alpha value is -2.86. The summed E-state index contributed by atoms with van der Waals surface area (Å²) in [4.78, 5) is 16.8. The van der Waals surface area contributed by atoms with Crippen LogP contribution < -0.4 is 10.6 Å². The molecule has 0 saturated carbocycles. The van der Waals surface area contributed by atoms with Crippen molar-refractivity contribution in [1.29, 1.82) is 0 Å². The van der Waals surface area contributed by atoms with Crippen LogP contribution in [0.3, 0.4) is 0 Å². The number of rotatable bonds is 6. The van der Waals surface area contributed by atoms with E-state index >= 15 is 0 Å². The van der Waals surface area contributed by atoms with E-state index in [1.807, 2.05) is 70.2 Å². The molecule has 0 fully saturated rings. The van der Waals surface area contributed by atoms with Crippen molar-refractivity contribution in [2.24, 2.45) is 0 Å². The van der Waals surface area contributed by atoms with E-state index in [1.165, 1.54) is 0 Å². The van der Waals surface area contributed by atoms with Crippen LogP contribution in [0.1, 0.15) is 44.7 Å². The van der Waals surface area contributed by atoms with Crippen molar-refractivity contribution in [3.63, 3.8) is 0 Å².